The lowest BCUT2D eigenvalue weighted by Crippen LogP contribution is -2.34. The largest absolute Gasteiger partial charge is 0.481 e. The summed E-state index contributed by atoms with van der Waals surface area (Å²) in [6, 6.07) is 12.2. The first-order chi connectivity index (χ1) is 39.9. The van der Waals surface area contributed by atoms with E-state index in [0.29, 0.717) is 88.9 Å². The Hall–Kier alpha value is -7.60. The normalized spacial score (nSPS) is 14.9. The van der Waals surface area contributed by atoms with Gasteiger partial charge < -0.3 is 42.2 Å². The van der Waals surface area contributed by atoms with Crippen LogP contribution in [0.2, 0.25) is 0 Å². The van der Waals surface area contributed by atoms with Crippen molar-refractivity contribution < 1.29 is 43.4 Å². The maximum Gasteiger partial charge on any atom is 0.306 e. The Morgan fingerprint density at radius 3 is 2.14 bits per heavy atom. The molecule has 1 saturated carbocycles. The van der Waals surface area contributed by atoms with Crippen molar-refractivity contribution >= 4 is 115 Å². The fourth-order valence-corrected chi connectivity index (χ4v) is 14.4. The van der Waals surface area contributed by atoms with Crippen molar-refractivity contribution in [3.8, 4) is 43.4 Å². The first-order valence-electron chi connectivity index (χ1n) is 26.2. The van der Waals surface area contributed by atoms with Crippen LogP contribution in [-0.2, 0) is 43.4 Å². The van der Waals surface area contributed by atoms with Crippen LogP contribution in [0.1, 0.15) is 120 Å². The number of aromatic nitrogens is 7. The van der Waals surface area contributed by atoms with Crippen molar-refractivity contribution in [1.29, 1.82) is 0 Å². The summed E-state index contributed by atoms with van der Waals surface area (Å²) in [4.78, 5) is 125. The molecule has 0 spiro atoms. The van der Waals surface area contributed by atoms with Crippen LogP contribution in [0.3, 0.4) is 0 Å². The van der Waals surface area contributed by atoms with Crippen molar-refractivity contribution in [2.24, 2.45) is 23.5 Å². The third kappa shape index (κ3) is 14.8. The van der Waals surface area contributed by atoms with Crippen LogP contribution < -0.4 is 32.3 Å². The van der Waals surface area contributed by atoms with Gasteiger partial charge in [0.15, 0.2) is 0 Å². The predicted octanol–water partition coefficient (Wildman–Crippen LogP) is 8.51. The zero-order chi connectivity index (χ0) is 58.9. The number of hydrogen-bond acceptors (Lipinski definition) is 21. The first-order valence-corrected chi connectivity index (χ1v) is 31.4. The van der Waals surface area contributed by atoms with Crippen molar-refractivity contribution in [2.75, 3.05) is 26.0 Å². The molecular weight excluding hydrogens is 1180 g/mol. The van der Waals surface area contributed by atoms with Crippen molar-refractivity contribution in [2.45, 2.75) is 84.4 Å². The van der Waals surface area contributed by atoms with Gasteiger partial charge in [0.05, 0.1) is 53.2 Å². The molecule has 6 amide bonds. The molecule has 83 heavy (non-hydrogen) atoms. The minimum Gasteiger partial charge on any atom is -0.481 e. The van der Waals surface area contributed by atoms with Crippen LogP contribution in [0.25, 0.3) is 43.4 Å². The number of benzene rings is 1. The molecule has 1 unspecified atom stereocenters. The van der Waals surface area contributed by atoms with Gasteiger partial charge in [0.25, 0.3) is 17.7 Å². The van der Waals surface area contributed by atoms with Gasteiger partial charge in [0.1, 0.15) is 65.0 Å². The summed E-state index contributed by atoms with van der Waals surface area (Å²) >= 11 is 7.82. The molecule has 0 saturated heterocycles. The molecule has 0 aliphatic heterocycles. The molecule has 28 heteroatoms. The second-order valence-corrected chi connectivity index (χ2v) is 25.5. The van der Waals surface area contributed by atoms with E-state index in [1.165, 1.54) is 65.1 Å². The number of carbonyl (C=O) groups excluding carboxylic acids is 6. The van der Waals surface area contributed by atoms with Crippen molar-refractivity contribution in [3.63, 3.8) is 0 Å². The Morgan fingerprint density at radius 2 is 1.42 bits per heavy atom. The molecule has 0 bridgehead atoms. The lowest BCUT2D eigenvalue weighted by molar-refractivity contribution is -0.143. The van der Waals surface area contributed by atoms with E-state index in [1.807, 2.05) is 48.9 Å². The van der Waals surface area contributed by atoms with Gasteiger partial charge >= 0.3 is 5.97 Å². The van der Waals surface area contributed by atoms with Crippen LogP contribution in [-0.4, -0.2) is 102 Å². The number of carboxylic acids is 1. The molecule has 1 fully saturated rings. The number of pyridine rings is 1. The average Bonchev–Trinajstić information content (AvgIpc) is 4.24. The highest BCUT2D eigenvalue weighted by Crippen LogP contribution is 2.39. The zero-order valence-electron chi connectivity index (χ0n) is 45.5. The number of hydrogen-bond donors (Lipinski definition) is 7. The zero-order valence-corrected chi connectivity index (χ0v) is 50.4. The van der Waals surface area contributed by atoms with E-state index >= 15 is 0 Å². The molecule has 1 aliphatic carbocycles. The molecule has 9 rings (SSSR count). The van der Waals surface area contributed by atoms with Gasteiger partial charge in [-0.15, -0.1) is 68.0 Å². The second-order valence-electron chi connectivity index (χ2n) is 19.7. The number of rotatable bonds is 24. The minimum absolute atomic E-state index is 0.0433. The highest BCUT2D eigenvalue weighted by atomic mass is 32.1. The third-order valence-electron chi connectivity index (χ3n) is 13.4. The highest BCUT2D eigenvalue weighted by Gasteiger charge is 2.33. The number of aliphatic carboxylic acids is 1. The molecular formula is C55H57N13O9S6. The van der Waals surface area contributed by atoms with Crippen LogP contribution in [0.5, 0.6) is 0 Å². The topological polar surface area (TPSA) is 325 Å². The molecule has 432 valence electrons. The lowest BCUT2D eigenvalue weighted by Gasteiger charge is -2.24. The van der Waals surface area contributed by atoms with Gasteiger partial charge in [-0.05, 0) is 62.6 Å². The Kier molecular flexibility index (Phi) is 19.7. The molecule has 7 heterocycles. The minimum atomic E-state index is -0.981. The molecule has 8 N–H and O–H groups in total. The number of carbonyl (C=O) groups is 7. The van der Waals surface area contributed by atoms with Gasteiger partial charge in [-0.2, -0.15) is 0 Å². The van der Waals surface area contributed by atoms with Crippen LogP contribution in [0.4, 0.5) is 5.82 Å². The van der Waals surface area contributed by atoms with E-state index in [2.05, 4.69) is 48.7 Å². The van der Waals surface area contributed by atoms with Gasteiger partial charge in [-0.25, -0.2) is 34.9 Å². The smallest absolute Gasteiger partial charge is 0.306 e. The second kappa shape index (κ2) is 27.2. The summed E-state index contributed by atoms with van der Waals surface area (Å²) in [5.74, 6) is -4.56. The Balaban J connectivity index is 0.959. The molecule has 1 aliphatic rings. The monoisotopic (exact) mass is 1240 g/mol. The fraction of sp³-hybridized carbons (Fsp3) is 0.345. The maximum atomic E-state index is 14.3. The van der Waals surface area contributed by atoms with Gasteiger partial charge in [-0.3, -0.25) is 33.6 Å². The third-order valence-corrected chi connectivity index (χ3v) is 19.1. The maximum absolute atomic E-state index is 14.3. The standard InChI is InChI=1S/C55H57N13O9S6/c1-26(2)42(54-68-45(37(83-54)21-77-5)48(73)58-20-38(56)69)66-49(74)43-27(3)82-53(67-43)33(19-40(70)57-4)61-47(72)35-23-79-50(63-35)31-16-17-32(51-65-39(25-81-51)64-46(71)29-12-14-30(15-13-29)55(75)76)60-44(31)34-22-80-52(62-34)36-24-78-41(59-36)18-11-28-9-7-6-8-10-28/h6-10,16-17,22-26,29-30,33,42H,11-15,18-21H2,1-5H3,(H2,56,69)(H,57,70)(H,58,73)(H,61,72)(H,64,71)(H,66,74)(H,75,76)/t29?,30?,33-,42?/m0/s1. The number of nitrogens with one attached hydrogen (secondary N) is 5. The van der Waals surface area contributed by atoms with E-state index in [-0.39, 0.29) is 54.4 Å². The fourth-order valence-electron chi connectivity index (χ4n) is 9.03. The summed E-state index contributed by atoms with van der Waals surface area (Å²) in [6.07, 6.45) is 3.24. The van der Waals surface area contributed by atoms with Crippen LogP contribution >= 0.6 is 68.0 Å². The SMILES string of the molecule is CNC(=O)C[C@H](NC(=O)c1csc(-c2ccc(-c3nc(NC(=O)C4CCC(C(=O)O)CC4)cs3)nc2-c2csc(-c3csc(CCc4ccccc4)n3)n2)n1)c1nc(C(=O)NC(c2nc(C(=O)NCC(N)=O)c(COC)s2)C(C)C)c(C)s1. The van der Waals surface area contributed by atoms with E-state index in [1.54, 1.807) is 35.1 Å². The number of primary amides is 1. The summed E-state index contributed by atoms with van der Waals surface area (Å²) in [5.41, 5.74) is 9.41. The number of aryl methyl sites for hydroxylation is 3. The number of nitrogens with two attached hydrogens (primary N) is 1. The first kappa shape index (κ1) is 60.0. The molecule has 2 atom stereocenters. The average molecular weight is 1240 g/mol. The number of amides is 6. The quantitative estimate of drug-likeness (QED) is 0.0298. The summed E-state index contributed by atoms with van der Waals surface area (Å²) in [5, 5.41) is 33.9. The lowest BCUT2D eigenvalue weighted by atomic mass is 9.81. The van der Waals surface area contributed by atoms with Crippen LogP contribution in [0, 0.1) is 24.7 Å². The molecule has 0 radical (unpaired) electrons. The number of carboxylic acid groups (broad SMARTS) is 1. The predicted molar refractivity (Wildman–Crippen MR) is 319 cm³/mol. The number of ether oxygens (including phenoxy) is 1. The number of methoxy groups -OCH3 is 1. The highest BCUT2D eigenvalue weighted by molar-refractivity contribution is 7.15. The van der Waals surface area contributed by atoms with Gasteiger partial charge in [-0.1, -0.05) is 44.2 Å². The van der Waals surface area contributed by atoms with Gasteiger partial charge in [0, 0.05) is 58.5 Å². The van der Waals surface area contributed by atoms with E-state index in [9.17, 15) is 38.7 Å². The molecule has 7 aromatic heterocycles. The Labute approximate surface area is 500 Å². The van der Waals surface area contributed by atoms with Gasteiger partial charge in [0.2, 0.25) is 17.7 Å². The molecule has 22 nitrogen and oxygen atoms in total. The Morgan fingerprint density at radius 1 is 0.711 bits per heavy atom. The van der Waals surface area contributed by atoms with E-state index < -0.39 is 53.5 Å². The number of anilines is 1. The molecule has 8 aromatic rings. The van der Waals surface area contributed by atoms with Crippen molar-refractivity contribution in [1.82, 2.24) is 56.2 Å². The summed E-state index contributed by atoms with van der Waals surface area (Å²) in [7, 11) is 2.94. The number of nitrogens with zero attached hydrogens (tertiary/aromatic N) is 7. The van der Waals surface area contributed by atoms with Crippen molar-refractivity contribution in [3.05, 3.63) is 111 Å². The Bertz CT molecular complexity index is 3670. The van der Waals surface area contributed by atoms with E-state index in [4.69, 9.17) is 35.4 Å². The van der Waals surface area contributed by atoms with Crippen LogP contribution in [0.15, 0.2) is 64.0 Å². The number of thiazole rings is 6. The summed E-state index contributed by atoms with van der Waals surface area (Å²) in [6.45, 7) is 5.13. The van der Waals surface area contributed by atoms with E-state index in [0.717, 1.165) is 34.9 Å². The molecule has 1 aromatic carbocycles. The summed E-state index contributed by atoms with van der Waals surface area (Å²) < 4.78 is 5.31.